The van der Waals surface area contributed by atoms with Crippen molar-refractivity contribution in [2.45, 2.75) is 19.8 Å². The summed E-state index contributed by atoms with van der Waals surface area (Å²) in [6.45, 7) is 1.92. The summed E-state index contributed by atoms with van der Waals surface area (Å²) >= 11 is 0. The van der Waals surface area contributed by atoms with Crippen molar-refractivity contribution in [2.75, 3.05) is 26.1 Å². The molecule has 0 saturated heterocycles. The van der Waals surface area contributed by atoms with Gasteiger partial charge in [0.15, 0.2) is 6.61 Å². The zero-order valence-electron chi connectivity index (χ0n) is 11.7. The number of rotatable bonds is 7. The van der Waals surface area contributed by atoms with E-state index in [1.165, 1.54) is 19.2 Å². The number of hydrogen-bond acceptors (Lipinski definition) is 6. The van der Waals surface area contributed by atoms with Gasteiger partial charge in [-0.1, -0.05) is 13.3 Å². The average Bonchev–Trinajstić information content (AvgIpc) is 2.45. The number of benzene rings is 1. The van der Waals surface area contributed by atoms with Crippen LogP contribution in [0.2, 0.25) is 0 Å². The monoisotopic (exact) mass is 281 g/mol. The molecule has 0 heterocycles. The van der Waals surface area contributed by atoms with Crippen molar-refractivity contribution < 1.29 is 23.8 Å². The Kier molecular flexibility index (Phi) is 6.36. The molecule has 0 amide bonds. The SMILES string of the molecule is CCCCOC(=O)COC(=O)c1ccc(OC)c(N)c1. The maximum absolute atomic E-state index is 11.7. The summed E-state index contributed by atoms with van der Waals surface area (Å²) in [7, 11) is 1.48. The van der Waals surface area contributed by atoms with Gasteiger partial charge in [-0.05, 0) is 24.6 Å². The number of ether oxygens (including phenoxy) is 3. The van der Waals surface area contributed by atoms with Gasteiger partial charge in [0.2, 0.25) is 0 Å². The molecule has 0 atom stereocenters. The van der Waals surface area contributed by atoms with Crippen LogP contribution in [0.25, 0.3) is 0 Å². The first-order valence-electron chi connectivity index (χ1n) is 6.34. The third-order valence-electron chi connectivity index (χ3n) is 2.55. The highest BCUT2D eigenvalue weighted by Gasteiger charge is 2.12. The number of carbonyl (C=O) groups excluding carboxylic acids is 2. The number of unbranched alkanes of at least 4 members (excludes halogenated alkanes) is 1. The van der Waals surface area contributed by atoms with Gasteiger partial charge in [-0.25, -0.2) is 9.59 Å². The Labute approximate surface area is 117 Å². The van der Waals surface area contributed by atoms with Crippen LogP contribution < -0.4 is 10.5 Å². The Morgan fingerprint density at radius 3 is 2.60 bits per heavy atom. The van der Waals surface area contributed by atoms with Crippen LogP contribution in [-0.4, -0.2) is 32.3 Å². The van der Waals surface area contributed by atoms with Crippen LogP contribution in [0, 0.1) is 0 Å². The smallest absolute Gasteiger partial charge is 0.344 e. The number of anilines is 1. The molecule has 1 aromatic rings. The number of esters is 2. The molecule has 0 aliphatic heterocycles. The van der Waals surface area contributed by atoms with Crippen LogP contribution in [-0.2, 0) is 14.3 Å². The molecule has 0 radical (unpaired) electrons. The normalized spacial score (nSPS) is 9.90. The minimum absolute atomic E-state index is 0.254. The first-order chi connectivity index (χ1) is 9.58. The van der Waals surface area contributed by atoms with E-state index in [4.69, 9.17) is 19.9 Å². The highest BCUT2D eigenvalue weighted by atomic mass is 16.6. The fourth-order valence-electron chi connectivity index (χ4n) is 1.44. The molecule has 6 heteroatoms. The second kappa shape index (κ2) is 8.04. The summed E-state index contributed by atoms with van der Waals surface area (Å²) in [4.78, 5) is 23.0. The van der Waals surface area contributed by atoms with Gasteiger partial charge in [0, 0.05) is 0 Å². The summed E-state index contributed by atoms with van der Waals surface area (Å²) < 4.78 is 14.7. The van der Waals surface area contributed by atoms with Crippen molar-refractivity contribution in [3.63, 3.8) is 0 Å². The summed E-state index contributed by atoms with van der Waals surface area (Å²) in [5, 5.41) is 0. The van der Waals surface area contributed by atoms with Gasteiger partial charge in [-0.3, -0.25) is 0 Å². The maximum atomic E-state index is 11.7. The summed E-state index contributed by atoms with van der Waals surface area (Å²) in [6.07, 6.45) is 1.72. The van der Waals surface area contributed by atoms with Gasteiger partial charge < -0.3 is 19.9 Å². The van der Waals surface area contributed by atoms with Crippen LogP contribution in [0.1, 0.15) is 30.1 Å². The molecule has 1 rings (SSSR count). The minimum atomic E-state index is -0.633. The topological polar surface area (TPSA) is 87.8 Å². The fourth-order valence-corrected chi connectivity index (χ4v) is 1.44. The van der Waals surface area contributed by atoms with Crippen molar-refractivity contribution in [1.82, 2.24) is 0 Å². The molecule has 0 saturated carbocycles. The highest BCUT2D eigenvalue weighted by Crippen LogP contribution is 2.22. The summed E-state index contributed by atoms with van der Waals surface area (Å²) in [5.41, 5.74) is 6.26. The zero-order chi connectivity index (χ0) is 15.0. The quantitative estimate of drug-likeness (QED) is 0.465. The lowest BCUT2D eigenvalue weighted by Crippen LogP contribution is -2.17. The van der Waals surface area contributed by atoms with E-state index in [1.54, 1.807) is 6.07 Å². The minimum Gasteiger partial charge on any atom is -0.495 e. The van der Waals surface area contributed by atoms with Gasteiger partial charge in [-0.2, -0.15) is 0 Å². The van der Waals surface area contributed by atoms with Crippen molar-refractivity contribution in [1.29, 1.82) is 0 Å². The first kappa shape index (κ1) is 15.8. The fraction of sp³-hybridized carbons (Fsp3) is 0.429. The molecule has 0 bridgehead atoms. The third-order valence-corrected chi connectivity index (χ3v) is 2.55. The van der Waals surface area contributed by atoms with Crippen LogP contribution in [0.3, 0.4) is 0 Å². The van der Waals surface area contributed by atoms with E-state index in [2.05, 4.69) is 0 Å². The van der Waals surface area contributed by atoms with Crippen molar-refractivity contribution >= 4 is 17.6 Å². The zero-order valence-corrected chi connectivity index (χ0v) is 11.7. The van der Waals surface area contributed by atoms with E-state index in [0.29, 0.717) is 18.0 Å². The van der Waals surface area contributed by atoms with E-state index in [-0.39, 0.29) is 5.56 Å². The molecular weight excluding hydrogens is 262 g/mol. The van der Waals surface area contributed by atoms with Gasteiger partial charge >= 0.3 is 11.9 Å². The van der Waals surface area contributed by atoms with E-state index in [0.717, 1.165) is 12.8 Å². The molecule has 0 unspecified atom stereocenters. The Bertz CT molecular complexity index is 473. The highest BCUT2D eigenvalue weighted by molar-refractivity contribution is 5.92. The molecule has 0 fully saturated rings. The molecular formula is C14H19NO5. The lowest BCUT2D eigenvalue weighted by molar-refractivity contribution is -0.147. The lowest BCUT2D eigenvalue weighted by Gasteiger charge is -2.08. The van der Waals surface area contributed by atoms with E-state index < -0.39 is 18.5 Å². The standard InChI is InChI=1S/C14H19NO5/c1-3-4-7-19-13(16)9-20-14(17)10-5-6-12(18-2)11(15)8-10/h5-6,8H,3-4,7,9,15H2,1-2H3. The first-order valence-corrected chi connectivity index (χ1v) is 6.34. The van der Waals surface area contributed by atoms with Crippen LogP contribution in [0.5, 0.6) is 5.75 Å². The molecule has 110 valence electrons. The maximum Gasteiger partial charge on any atom is 0.344 e. The average molecular weight is 281 g/mol. The van der Waals surface area contributed by atoms with E-state index >= 15 is 0 Å². The van der Waals surface area contributed by atoms with Crippen LogP contribution in [0.15, 0.2) is 18.2 Å². The number of nitrogen functional groups attached to an aromatic ring is 1. The number of methoxy groups -OCH3 is 1. The van der Waals surface area contributed by atoms with E-state index in [9.17, 15) is 9.59 Å². The molecule has 1 aromatic carbocycles. The van der Waals surface area contributed by atoms with Crippen molar-refractivity contribution in [2.24, 2.45) is 0 Å². The summed E-state index contributed by atoms with van der Waals surface area (Å²) in [6, 6.07) is 4.51. The lowest BCUT2D eigenvalue weighted by atomic mass is 10.2. The van der Waals surface area contributed by atoms with Crippen LogP contribution in [0.4, 0.5) is 5.69 Å². The van der Waals surface area contributed by atoms with Gasteiger partial charge in [0.05, 0.1) is 25.0 Å². The predicted molar refractivity (Wildman–Crippen MR) is 73.6 cm³/mol. The van der Waals surface area contributed by atoms with Gasteiger partial charge in [-0.15, -0.1) is 0 Å². The molecule has 0 aliphatic carbocycles. The second-order valence-corrected chi connectivity index (χ2v) is 4.11. The summed E-state index contributed by atoms with van der Waals surface area (Å²) in [5.74, 6) is -0.722. The largest absolute Gasteiger partial charge is 0.495 e. The van der Waals surface area contributed by atoms with Crippen LogP contribution >= 0.6 is 0 Å². The molecule has 20 heavy (non-hydrogen) atoms. The second-order valence-electron chi connectivity index (χ2n) is 4.11. The molecule has 0 aliphatic rings. The Balaban J connectivity index is 2.46. The Morgan fingerprint density at radius 2 is 2.00 bits per heavy atom. The van der Waals surface area contributed by atoms with Gasteiger partial charge in [0.25, 0.3) is 0 Å². The number of nitrogens with two attached hydrogens (primary N) is 1. The molecule has 2 N–H and O–H groups in total. The Hall–Kier alpha value is -2.24. The Morgan fingerprint density at radius 1 is 1.25 bits per heavy atom. The van der Waals surface area contributed by atoms with Gasteiger partial charge in [0.1, 0.15) is 5.75 Å². The van der Waals surface area contributed by atoms with E-state index in [1.807, 2.05) is 6.92 Å². The van der Waals surface area contributed by atoms with Crippen molar-refractivity contribution in [3.8, 4) is 5.75 Å². The predicted octanol–water partition coefficient (Wildman–Crippen LogP) is 1.78. The van der Waals surface area contributed by atoms with Crippen molar-refractivity contribution in [3.05, 3.63) is 23.8 Å². The molecule has 0 spiro atoms. The molecule has 0 aromatic heterocycles. The molecule has 6 nitrogen and oxygen atoms in total. The number of carbonyl (C=O) groups is 2. The third kappa shape index (κ3) is 4.79. The number of hydrogen-bond donors (Lipinski definition) is 1.